The summed E-state index contributed by atoms with van der Waals surface area (Å²) in [6, 6.07) is 0. The van der Waals surface area contributed by atoms with E-state index < -0.39 is 10.0 Å². The number of rotatable bonds is 1. The third-order valence-electron chi connectivity index (χ3n) is 2.24. The average Bonchev–Trinajstić information content (AvgIpc) is 2.47. The minimum absolute atomic E-state index is 0.425. The number of fused-ring (bicyclic) bond motifs is 1. The largest absolute Gasteiger partial charge is 0.281 e. The van der Waals surface area contributed by atoms with Crippen LogP contribution in [0.25, 0.3) is 0 Å². The first-order valence-corrected chi connectivity index (χ1v) is 5.88. The fourth-order valence-electron chi connectivity index (χ4n) is 1.47. The van der Waals surface area contributed by atoms with Crippen molar-refractivity contribution in [3.63, 3.8) is 0 Å². The van der Waals surface area contributed by atoms with E-state index in [1.807, 2.05) is 0 Å². The molecular weight excluding hydrogens is 190 g/mol. The molecule has 6 heteroatoms. The first-order chi connectivity index (χ1) is 6.07. The summed E-state index contributed by atoms with van der Waals surface area (Å²) >= 11 is 0. The zero-order valence-corrected chi connectivity index (χ0v) is 8.13. The molecule has 0 spiro atoms. The Balaban J connectivity index is 2.27. The smallest absolute Gasteiger partial charge is 0.211 e. The maximum absolute atomic E-state index is 11.2. The molecular formula is C7H11N3O2S. The van der Waals surface area contributed by atoms with Crippen LogP contribution in [0.4, 0.5) is 0 Å². The second-order valence-electron chi connectivity index (χ2n) is 3.22. The number of sulfonamides is 1. The summed E-state index contributed by atoms with van der Waals surface area (Å²) in [5, 5.41) is 6.68. The van der Waals surface area contributed by atoms with Gasteiger partial charge in [-0.2, -0.15) is 9.40 Å². The number of aromatic nitrogens is 2. The van der Waals surface area contributed by atoms with Gasteiger partial charge in [-0.25, -0.2) is 8.42 Å². The van der Waals surface area contributed by atoms with Gasteiger partial charge in [-0.05, 0) is 12.0 Å². The summed E-state index contributed by atoms with van der Waals surface area (Å²) in [5.74, 6) is 0. The van der Waals surface area contributed by atoms with Crippen LogP contribution in [0, 0.1) is 0 Å². The normalized spacial score (nSPS) is 18.5. The Hall–Kier alpha value is -0.880. The van der Waals surface area contributed by atoms with Gasteiger partial charge in [-0.3, -0.25) is 5.10 Å². The molecule has 13 heavy (non-hydrogen) atoms. The minimum atomic E-state index is -3.06. The van der Waals surface area contributed by atoms with Crippen molar-refractivity contribution in [2.24, 2.45) is 0 Å². The van der Waals surface area contributed by atoms with Crippen molar-refractivity contribution in [1.29, 1.82) is 0 Å². The van der Waals surface area contributed by atoms with Crippen LogP contribution in [-0.2, 0) is 23.0 Å². The SMILES string of the molecule is CS(=O)(=O)N1CCc2cn[nH]c2C1. The standard InChI is InChI=1S/C7H11N3O2S/c1-13(11,12)10-3-2-6-4-8-9-7(6)5-10/h4H,2-3,5H2,1H3,(H,8,9). The molecule has 0 aliphatic carbocycles. The molecule has 1 N–H and O–H groups in total. The molecule has 0 atom stereocenters. The number of nitrogens with zero attached hydrogens (tertiary/aromatic N) is 2. The lowest BCUT2D eigenvalue weighted by molar-refractivity contribution is 0.390. The van der Waals surface area contributed by atoms with E-state index in [1.165, 1.54) is 10.6 Å². The van der Waals surface area contributed by atoms with Gasteiger partial charge in [0.15, 0.2) is 0 Å². The van der Waals surface area contributed by atoms with Crippen molar-refractivity contribution >= 4 is 10.0 Å². The third-order valence-corrected chi connectivity index (χ3v) is 3.49. The quantitative estimate of drug-likeness (QED) is 0.680. The molecule has 72 valence electrons. The van der Waals surface area contributed by atoms with Crippen molar-refractivity contribution in [1.82, 2.24) is 14.5 Å². The fraction of sp³-hybridized carbons (Fsp3) is 0.571. The third kappa shape index (κ3) is 1.59. The lowest BCUT2D eigenvalue weighted by atomic mass is 10.1. The van der Waals surface area contributed by atoms with E-state index in [1.54, 1.807) is 6.20 Å². The van der Waals surface area contributed by atoms with Crippen molar-refractivity contribution in [2.45, 2.75) is 13.0 Å². The zero-order valence-electron chi connectivity index (χ0n) is 7.32. The molecule has 5 nitrogen and oxygen atoms in total. The Kier molecular flexibility index (Phi) is 1.88. The van der Waals surface area contributed by atoms with Gasteiger partial charge in [-0.15, -0.1) is 0 Å². The Labute approximate surface area is 76.8 Å². The van der Waals surface area contributed by atoms with Gasteiger partial charge in [0.1, 0.15) is 0 Å². The van der Waals surface area contributed by atoms with Crippen LogP contribution in [0.1, 0.15) is 11.3 Å². The molecule has 2 rings (SSSR count). The molecule has 1 aliphatic rings. The van der Waals surface area contributed by atoms with E-state index in [0.717, 1.165) is 17.7 Å². The number of aromatic amines is 1. The van der Waals surface area contributed by atoms with Crippen LogP contribution in [0.5, 0.6) is 0 Å². The molecule has 1 aromatic rings. The van der Waals surface area contributed by atoms with Crippen LogP contribution in [-0.4, -0.2) is 35.7 Å². The molecule has 0 saturated heterocycles. The van der Waals surface area contributed by atoms with Crippen molar-refractivity contribution in [3.8, 4) is 0 Å². The topological polar surface area (TPSA) is 66.1 Å². The molecule has 0 fully saturated rings. The highest BCUT2D eigenvalue weighted by Gasteiger charge is 2.23. The fourth-order valence-corrected chi connectivity index (χ4v) is 2.26. The van der Waals surface area contributed by atoms with Gasteiger partial charge in [-0.1, -0.05) is 0 Å². The summed E-state index contributed by atoms with van der Waals surface area (Å²) in [4.78, 5) is 0. The maximum Gasteiger partial charge on any atom is 0.211 e. The van der Waals surface area contributed by atoms with Gasteiger partial charge in [0, 0.05) is 6.54 Å². The average molecular weight is 201 g/mol. The summed E-state index contributed by atoms with van der Waals surface area (Å²) < 4.78 is 23.9. The van der Waals surface area contributed by atoms with E-state index >= 15 is 0 Å². The number of hydrogen-bond acceptors (Lipinski definition) is 3. The first kappa shape index (κ1) is 8.71. The molecule has 0 saturated carbocycles. The van der Waals surface area contributed by atoms with Crippen LogP contribution in [0.3, 0.4) is 0 Å². The first-order valence-electron chi connectivity index (χ1n) is 4.03. The molecule has 0 aromatic carbocycles. The second kappa shape index (κ2) is 2.81. The molecule has 0 radical (unpaired) electrons. The van der Waals surface area contributed by atoms with Gasteiger partial charge < -0.3 is 0 Å². The highest BCUT2D eigenvalue weighted by Crippen LogP contribution is 2.17. The van der Waals surface area contributed by atoms with Gasteiger partial charge in [0.2, 0.25) is 10.0 Å². The number of nitrogens with one attached hydrogen (secondary N) is 1. The zero-order chi connectivity index (χ0) is 9.47. The highest BCUT2D eigenvalue weighted by molar-refractivity contribution is 7.88. The van der Waals surface area contributed by atoms with Gasteiger partial charge in [0.25, 0.3) is 0 Å². The highest BCUT2D eigenvalue weighted by atomic mass is 32.2. The van der Waals surface area contributed by atoms with Gasteiger partial charge >= 0.3 is 0 Å². The molecule has 1 aliphatic heterocycles. The van der Waals surface area contributed by atoms with E-state index in [9.17, 15) is 8.42 Å². The Morgan fingerprint density at radius 2 is 2.38 bits per heavy atom. The molecule has 0 amide bonds. The van der Waals surface area contributed by atoms with E-state index in [2.05, 4.69) is 10.2 Å². The van der Waals surface area contributed by atoms with Crippen LogP contribution in [0.2, 0.25) is 0 Å². The van der Waals surface area contributed by atoms with Crippen LogP contribution >= 0.6 is 0 Å². The second-order valence-corrected chi connectivity index (χ2v) is 5.20. The van der Waals surface area contributed by atoms with E-state index in [-0.39, 0.29) is 0 Å². The monoisotopic (exact) mass is 201 g/mol. The Bertz CT molecular complexity index is 409. The minimum Gasteiger partial charge on any atom is -0.281 e. The predicted octanol–water partition coefficient (Wildman–Crippen LogP) is -0.273. The van der Waals surface area contributed by atoms with E-state index in [0.29, 0.717) is 13.1 Å². The lowest BCUT2D eigenvalue weighted by Crippen LogP contribution is -2.34. The van der Waals surface area contributed by atoms with Crippen LogP contribution < -0.4 is 0 Å². The molecule has 0 bridgehead atoms. The maximum atomic E-state index is 11.2. The van der Waals surface area contributed by atoms with Crippen molar-refractivity contribution in [3.05, 3.63) is 17.5 Å². The summed E-state index contributed by atoms with van der Waals surface area (Å²) in [6.45, 7) is 0.986. The number of H-pyrrole nitrogens is 1. The summed E-state index contributed by atoms with van der Waals surface area (Å²) in [5.41, 5.74) is 2.04. The summed E-state index contributed by atoms with van der Waals surface area (Å²) in [6.07, 6.45) is 3.74. The molecule has 2 heterocycles. The summed E-state index contributed by atoms with van der Waals surface area (Å²) in [7, 11) is -3.06. The lowest BCUT2D eigenvalue weighted by Gasteiger charge is -2.23. The Morgan fingerprint density at radius 1 is 1.62 bits per heavy atom. The predicted molar refractivity (Wildman–Crippen MR) is 47.5 cm³/mol. The van der Waals surface area contributed by atoms with Crippen molar-refractivity contribution in [2.75, 3.05) is 12.8 Å². The van der Waals surface area contributed by atoms with E-state index in [4.69, 9.17) is 0 Å². The number of hydrogen-bond donors (Lipinski definition) is 1. The molecule has 0 unspecified atom stereocenters. The molecule has 1 aromatic heterocycles. The Morgan fingerprint density at radius 3 is 3.08 bits per heavy atom. The van der Waals surface area contributed by atoms with Crippen molar-refractivity contribution < 1.29 is 8.42 Å². The van der Waals surface area contributed by atoms with Crippen LogP contribution in [0.15, 0.2) is 6.20 Å². The van der Waals surface area contributed by atoms with Gasteiger partial charge in [0.05, 0.1) is 24.7 Å².